The van der Waals surface area contributed by atoms with Crippen molar-refractivity contribution in [1.29, 1.82) is 0 Å². The number of aromatic nitrogens is 1. The Morgan fingerprint density at radius 2 is 2.10 bits per heavy atom. The first kappa shape index (κ1) is 7.33. The molecule has 1 heterocycles. The Morgan fingerprint density at radius 1 is 1.50 bits per heavy atom. The van der Waals surface area contributed by atoms with Gasteiger partial charge in [0.15, 0.2) is 0 Å². The summed E-state index contributed by atoms with van der Waals surface area (Å²) >= 11 is 0.639. The van der Waals surface area contributed by atoms with Gasteiger partial charge in [0.1, 0.15) is 10.6 Å². The number of halogens is 3. The lowest BCUT2D eigenvalue weighted by Gasteiger charge is -2.01. The summed E-state index contributed by atoms with van der Waals surface area (Å²) in [5, 5.41) is -0.285. The number of hydrogen-bond acceptors (Lipinski definition) is 3. The van der Waals surface area contributed by atoms with Gasteiger partial charge in [-0.3, -0.25) is 0 Å². The predicted octanol–water partition coefficient (Wildman–Crippen LogP) is 1.74. The first-order chi connectivity index (χ1) is 4.52. The van der Waals surface area contributed by atoms with E-state index < -0.39 is 11.7 Å². The molecule has 0 radical (unpaired) electrons. The van der Waals surface area contributed by atoms with E-state index in [4.69, 9.17) is 5.73 Å². The third kappa shape index (κ3) is 1.21. The molecular formula is C4H3F3N2S. The van der Waals surface area contributed by atoms with Crippen LogP contribution >= 0.6 is 11.5 Å². The number of rotatable bonds is 0. The molecule has 6 heteroatoms. The van der Waals surface area contributed by atoms with E-state index in [2.05, 4.69) is 4.37 Å². The van der Waals surface area contributed by atoms with Gasteiger partial charge in [0.25, 0.3) is 0 Å². The average molecular weight is 168 g/mol. The highest BCUT2D eigenvalue weighted by atomic mass is 32.1. The third-order valence-corrected chi connectivity index (χ3v) is 1.53. The van der Waals surface area contributed by atoms with E-state index in [0.29, 0.717) is 11.5 Å². The molecule has 0 saturated carbocycles. The maximum atomic E-state index is 11.8. The van der Waals surface area contributed by atoms with Gasteiger partial charge in [-0.1, -0.05) is 0 Å². The summed E-state index contributed by atoms with van der Waals surface area (Å²) in [6.45, 7) is 0. The van der Waals surface area contributed by atoms with E-state index in [1.54, 1.807) is 0 Å². The number of hydrogen-bond donors (Lipinski definition) is 1. The molecule has 0 aromatic carbocycles. The molecule has 0 aliphatic heterocycles. The second-order valence-electron chi connectivity index (χ2n) is 1.60. The first-order valence-electron chi connectivity index (χ1n) is 2.29. The second-order valence-corrected chi connectivity index (χ2v) is 2.43. The molecule has 1 aromatic rings. The van der Waals surface area contributed by atoms with Gasteiger partial charge in [0.2, 0.25) is 0 Å². The molecule has 1 rings (SSSR count). The lowest BCUT2D eigenvalue weighted by Crippen LogP contribution is -2.05. The quantitative estimate of drug-likeness (QED) is 0.640. The van der Waals surface area contributed by atoms with Crippen molar-refractivity contribution in [1.82, 2.24) is 4.37 Å². The van der Waals surface area contributed by atoms with E-state index >= 15 is 0 Å². The fraction of sp³-hybridized carbons (Fsp3) is 0.250. The zero-order valence-electron chi connectivity index (χ0n) is 4.64. The monoisotopic (exact) mass is 168 g/mol. The van der Waals surface area contributed by atoms with Crippen LogP contribution in [-0.2, 0) is 6.18 Å². The molecule has 2 N–H and O–H groups in total. The first-order valence-corrected chi connectivity index (χ1v) is 3.06. The van der Waals surface area contributed by atoms with Gasteiger partial charge >= 0.3 is 6.18 Å². The summed E-state index contributed by atoms with van der Waals surface area (Å²) in [5.41, 5.74) is 4.11. The predicted molar refractivity (Wildman–Crippen MR) is 31.5 cm³/mol. The summed E-state index contributed by atoms with van der Waals surface area (Å²) in [7, 11) is 0. The van der Waals surface area contributed by atoms with Gasteiger partial charge in [-0.05, 0) is 11.5 Å². The van der Waals surface area contributed by atoms with Crippen molar-refractivity contribution in [2.24, 2.45) is 0 Å². The van der Waals surface area contributed by atoms with Crippen LogP contribution in [0.15, 0.2) is 6.20 Å². The fourth-order valence-electron chi connectivity index (χ4n) is 0.462. The number of anilines is 1. The largest absolute Gasteiger partial charge is 0.420 e. The van der Waals surface area contributed by atoms with Crippen molar-refractivity contribution < 1.29 is 13.2 Å². The molecule has 56 valence electrons. The zero-order valence-corrected chi connectivity index (χ0v) is 5.46. The second kappa shape index (κ2) is 2.12. The standard InChI is InChI=1S/C4H3F3N2S/c5-4(6,7)2-1-9-10-3(2)8/h1H,8H2. The molecule has 0 aliphatic carbocycles. The van der Waals surface area contributed by atoms with Crippen LogP contribution in [0.4, 0.5) is 18.2 Å². The van der Waals surface area contributed by atoms with Crippen molar-refractivity contribution in [3.8, 4) is 0 Å². The van der Waals surface area contributed by atoms with E-state index in [-0.39, 0.29) is 5.00 Å². The van der Waals surface area contributed by atoms with E-state index in [0.717, 1.165) is 6.20 Å². The lowest BCUT2D eigenvalue weighted by molar-refractivity contribution is -0.136. The maximum absolute atomic E-state index is 11.8. The van der Waals surface area contributed by atoms with Crippen molar-refractivity contribution in [2.45, 2.75) is 6.18 Å². The summed E-state index contributed by atoms with van der Waals surface area (Å²) in [6.07, 6.45) is -3.64. The van der Waals surface area contributed by atoms with Gasteiger partial charge in [-0.15, -0.1) is 0 Å². The number of nitrogen functional groups attached to an aromatic ring is 1. The minimum Gasteiger partial charge on any atom is -0.389 e. The van der Waals surface area contributed by atoms with Crippen LogP contribution in [0.5, 0.6) is 0 Å². The van der Waals surface area contributed by atoms with Gasteiger partial charge in [-0.25, -0.2) is 0 Å². The van der Waals surface area contributed by atoms with Crippen LogP contribution in [0.2, 0.25) is 0 Å². The highest BCUT2D eigenvalue weighted by Crippen LogP contribution is 2.34. The maximum Gasteiger partial charge on any atom is 0.420 e. The highest BCUT2D eigenvalue weighted by molar-refractivity contribution is 7.10. The molecular weight excluding hydrogens is 165 g/mol. The van der Waals surface area contributed by atoms with Crippen LogP contribution in [0, 0.1) is 0 Å². The minimum absolute atomic E-state index is 0.285. The van der Waals surface area contributed by atoms with Crippen LogP contribution in [0.1, 0.15) is 5.56 Å². The Kier molecular flexibility index (Phi) is 1.55. The lowest BCUT2D eigenvalue weighted by atomic mass is 10.3. The van der Waals surface area contributed by atoms with Crippen LogP contribution in [0.3, 0.4) is 0 Å². The number of nitrogens with zero attached hydrogens (tertiary/aromatic N) is 1. The minimum atomic E-state index is -4.36. The normalized spacial score (nSPS) is 11.9. The van der Waals surface area contributed by atoms with E-state index in [9.17, 15) is 13.2 Å². The molecule has 10 heavy (non-hydrogen) atoms. The molecule has 0 aliphatic rings. The molecule has 0 spiro atoms. The molecule has 1 aromatic heterocycles. The van der Waals surface area contributed by atoms with Crippen molar-refractivity contribution in [3.05, 3.63) is 11.8 Å². The number of nitrogens with two attached hydrogens (primary N) is 1. The molecule has 2 nitrogen and oxygen atoms in total. The van der Waals surface area contributed by atoms with E-state index in [1.165, 1.54) is 0 Å². The zero-order chi connectivity index (χ0) is 7.78. The van der Waals surface area contributed by atoms with Crippen molar-refractivity contribution in [3.63, 3.8) is 0 Å². The Morgan fingerprint density at radius 3 is 2.30 bits per heavy atom. The average Bonchev–Trinajstić information content (AvgIpc) is 2.11. The summed E-state index contributed by atoms with van der Waals surface area (Å²) in [6, 6.07) is 0. The Balaban J connectivity index is 3.05. The molecule has 0 saturated heterocycles. The van der Waals surface area contributed by atoms with Gasteiger partial charge in [-0.2, -0.15) is 17.5 Å². The third-order valence-electron chi connectivity index (χ3n) is 0.904. The summed E-state index contributed by atoms with van der Waals surface area (Å²) in [5.74, 6) is 0. The molecule has 0 amide bonds. The topological polar surface area (TPSA) is 38.9 Å². The fourth-order valence-corrected chi connectivity index (χ4v) is 1.000. The Labute approximate surface area is 58.6 Å². The van der Waals surface area contributed by atoms with Gasteiger partial charge < -0.3 is 5.73 Å². The van der Waals surface area contributed by atoms with Crippen molar-refractivity contribution >= 4 is 16.5 Å². The summed E-state index contributed by atoms with van der Waals surface area (Å²) < 4.78 is 38.6. The van der Waals surface area contributed by atoms with Gasteiger partial charge in [0, 0.05) is 0 Å². The van der Waals surface area contributed by atoms with Crippen molar-refractivity contribution in [2.75, 3.05) is 5.73 Å². The molecule has 0 fully saturated rings. The molecule has 0 unspecified atom stereocenters. The Hall–Kier alpha value is -0.780. The SMILES string of the molecule is Nc1sncc1C(F)(F)F. The van der Waals surface area contributed by atoms with E-state index in [1.807, 2.05) is 0 Å². The molecule has 0 atom stereocenters. The highest BCUT2D eigenvalue weighted by Gasteiger charge is 2.34. The number of alkyl halides is 3. The summed E-state index contributed by atoms with van der Waals surface area (Å²) in [4.78, 5) is 0. The van der Waals surface area contributed by atoms with Crippen LogP contribution in [-0.4, -0.2) is 4.37 Å². The smallest absolute Gasteiger partial charge is 0.389 e. The molecule has 0 bridgehead atoms. The van der Waals surface area contributed by atoms with Gasteiger partial charge in [0.05, 0.1) is 6.20 Å². The van der Waals surface area contributed by atoms with Crippen LogP contribution in [0.25, 0.3) is 0 Å². The van der Waals surface area contributed by atoms with Crippen LogP contribution < -0.4 is 5.73 Å². The Bertz CT molecular complexity index is 229.